The normalized spacial score (nSPS) is 21.8. The van der Waals surface area contributed by atoms with Crippen molar-refractivity contribution in [1.82, 2.24) is 5.32 Å². The Morgan fingerprint density at radius 1 is 0.918 bits per heavy atom. The minimum absolute atomic E-state index is 0.0425. The molecule has 0 aliphatic heterocycles. The second-order valence-electron chi connectivity index (χ2n) is 14.0. The molecule has 0 bridgehead atoms. The summed E-state index contributed by atoms with van der Waals surface area (Å²) in [4.78, 5) is 38.5. The number of carbonyl (C=O) groups excluding carboxylic acids is 2. The van der Waals surface area contributed by atoms with Crippen LogP contribution in [0, 0.1) is 21.4 Å². The molecule has 2 aliphatic rings. The third-order valence-corrected chi connectivity index (χ3v) is 10.3. The molecule has 2 amide bonds. The summed E-state index contributed by atoms with van der Waals surface area (Å²) < 4.78 is 0. The van der Waals surface area contributed by atoms with E-state index in [-0.39, 0.29) is 56.8 Å². The van der Waals surface area contributed by atoms with Crippen LogP contribution in [0.2, 0.25) is 0 Å². The average Bonchev–Trinajstić information content (AvgIpc) is 3.04. The molecule has 5 rings (SSSR count). The van der Waals surface area contributed by atoms with E-state index in [2.05, 4.69) is 24.5 Å². The molecule has 3 aromatic rings. The Balaban J connectivity index is 1.43. The number of rotatable bonds is 9. The van der Waals surface area contributed by atoms with Crippen LogP contribution < -0.4 is 10.6 Å². The van der Waals surface area contributed by atoms with Gasteiger partial charge in [-0.3, -0.25) is 19.7 Å². The molecule has 0 aromatic heterocycles. The van der Waals surface area contributed by atoms with Crippen molar-refractivity contribution in [2.45, 2.75) is 71.1 Å². The second kappa shape index (κ2) is 13.7. The van der Waals surface area contributed by atoms with E-state index >= 15 is 0 Å². The van der Waals surface area contributed by atoms with Crippen LogP contribution in [0.25, 0.3) is 12.2 Å². The Bertz CT molecular complexity index is 1870. The standard InChI is InChI=1S/C38H43N3O8/c1-22(2)35-27(40-34(47)15-9-24-7-12-29(43)31(45)19-24)20-26-25(36(35)41(48)49)10-13-32-37(3,16-5-17-38(26,32)4)21-39-33(46)14-8-23-6-11-28(42)30(44)18-23/h6-9,11-12,14-15,18-20,22,32,42-45H,5,10,13,16-17,21H2,1-4H3,(H,39,46)(H,40,47)/b14-8+,15-9+/t32-,37-,38+/m0/s1. The number of nitrogens with zero attached hydrogens (tertiary/aromatic N) is 1. The van der Waals surface area contributed by atoms with Gasteiger partial charge in [0.2, 0.25) is 11.8 Å². The second-order valence-corrected chi connectivity index (χ2v) is 14.0. The van der Waals surface area contributed by atoms with Gasteiger partial charge in [-0.1, -0.05) is 46.2 Å². The van der Waals surface area contributed by atoms with E-state index in [1.165, 1.54) is 42.5 Å². The van der Waals surface area contributed by atoms with Crippen LogP contribution in [0.5, 0.6) is 23.0 Å². The fourth-order valence-corrected chi connectivity index (χ4v) is 8.01. The molecule has 11 nitrogen and oxygen atoms in total. The first-order valence-electron chi connectivity index (χ1n) is 16.5. The number of hydrogen-bond acceptors (Lipinski definition) is 8. The highest BCUT2D eigenvalue weighted by Gasteiger charge is 2.53. The topological polar surface area (TPSA) is 182 Å². The Kier molecular flexibility index (Phi) is 9.76. The molecule has 0 saturated heterocycles. The summed E-state index contributed by atoms with van der Waals surface area (Å²) >= 11 is 0. The van der Waals surface area contributed by atoms with E-state index in [9.17, 15) is 40.1 Å². The molecule has 49 heavy (non-hydrogen) atoms. The molecule has 6 N–H and O–H groups in total. The monoisotopic (exact) mass is 669 g/mol. The van der Waals surface area contributed by atoms with Gasteiger partial charge in [0.25, 0.3) is 5.69 Å². The fraction of sp³-hybridized carbons (Fsp3) is 0.368. The molecule has 0 unspecified atom stereocenters. The number of aromatic hydroxyl groups is 4. The van der Waals surface area contributed by atoms with E-state index in [4.69, 9.17) is 0 Å². The fourth-order valence-electron chi connectivity index (χ4n) is 8.01. The van der Waals surface area contributed by atoms with Gasteiger partial charge in [0.1, 0.15) is 0 Å². The molecule has 2 aliphatic carbocycles. The molecule has 1 fully saturated rings. The molecule has 0 spiro atoms. The minimum atomic E-state index is -0.493. The summed E-state index contributed by atoms with van der Waals surface area (Å²) in [6.07, 6.45) is 9.44. The number of benzene rings is 3. The van der Waals surface area contributed by atoms with Gasteiger partial charge >= 0.3 is 0 Å². The summed E-state index contributed by atoms with van der Waals surface area (Å²) in [6.45, 7) is 8.44. The number of fused-ring (bicyclic) bond motifs is 3. The molecule has 3 atom stereocenters. The zero-order chi connectivity index (χ0) is 35.7. The molecule has 1 saturated carbocycles. The predicted molar refractivity (Wildman–Crippen MR) is 188 cm³/mol. The first-order valence-corrected chi connectivity index (χ1v) is 16.5. The maximum absolute atomic E-state index is 13.2. The van der Waals surface area contributed by atoms with Gasteiger partial charge in [-0.25, -0.2) is 0 Å². The lowest BCUT2D eigenvalue weighted by atomic mass is 9.49. The number of phenolic OH excluding ortho intramolecular Hbond substituents is 4. The van der Waals surface area contributed by atoms with Crippen LogP contribution in [-0.4, -0.2) is 43.7 Å². The highest BCUT2D eigenvalue weighted by molar-refractivity contribution is 6.03. The highest BCUT2D eigenvalue weighted by Crippen LogP contribution is 2.59. The highest BCUT2D eigenvalue weighted by atomic mass is 16.6. The van der Waals surface area contributed by atoms with Crippen LogP contribution >= 0.6 is 0 Å². The molecule has 0 heterocycles. The average molecular weight is 670 g/mol. The lowest BCUT2D eigenvalue weighted by Crippen LogP contribution is -2.53. The van der Waals surface area contributed by atoms with Crippen molar-refractivity contribution in [2.24, 2.45) is 11.3 Å². The van der Waals surface area contributed by atoms with Crippen molar-refractivity contribution in [3.05, 3.63) is 92.5 Å². The minimum Gasteiger partial charge on any atom is -0.504 e. The quantitative estimate of drug-likeness (QED) is 0.0607. The largest absolute Gasteiger partial charge is 0.504 e. The van der Waals surface area contributed by atoms with E-state index in [0.29, 0.717) is 47.3 Å². The Morgan fingerprint density at radius 3 is 2.06 bits per heavy atom. The maximum Gasteiger partial charge on any atom is 0.278 e. The number of hydrogen-bond donors (Lipinski definition) is 6. The Labute approximate surface area is 285 Å². The number of nitro benzene ring substituents is 1. The van der Waals surface area contributed by atoms with Crippen LogP contribution in [0.4, 0.5) is 11.4 Å². The lowest BCUT2D eigenvalue weighted by Gasteiger charge is -2.55. The molecular weight excluding hydrogens is 626 g/mol. The third-order valence-electron chi connectivity index (χ3n) is 10.3. The number of anilines is 1. The Morgan fingerprint density at radius 2 is 1.51 bits per heavy atom. The summed E-state index contributed by atoms with van der Waals surface area (Å²) in [5, 5.41) is 57.4. The van der Waals surface area contributed by atoms with Crippen molar-refractivity contribution in [2.75, 3.05) is 11.9 Å². The summed E-state index contributed by atoms with van der Waals surface area (Å²) in [5.74, 6) is -2.06. The van der Waals surface area contributed by atoms with Crippen LogP contribution in [0.15, 0.2) is 54.6 Å². The zero-order valence-corrected chi connectivity index (χ0v) is 28.1. The van der Waals surface area contributed by atoms with Crippen LogP contribution in [0.1, 0.15) is 87.1 Å². The summed E-state index contributed by atoms with van der Waals surface area (Å²) in [7, 11) is 0. The first kappa shape index (κ1) is 35.0. The number of amides is 2. The van der Waals surface area contributed by atoms with Gasteiger partial charge in [0, 0.05) is 24.3 Å². The predicted octanol–water partition coefficient (Wildman–Crippen LogP) is 7.03. The van der Waals surface area contributed by atoms with Gasteiger partial charge in [-0.15, -0.1) is 0 Å². The van der Waals surface area contributed by atoms with Gasteiger partial charge in [0.05, 0.1) is 16.2 Å². The number of phenols is 4. The Hall–Kier alpha value is -5.32. The van der Waals surface area contributed by atoms with E-state index in [1.54, 1.807) is 18.2 Å². The summed E-state index contributed by atoms with van der Waals surface area (Å²) in [5.41, 5.74) is 2.74. The van der Waals surface area contributed by atoms with Crippen LogP contribution in [-0.2, 0) is 21.4 Å². The van der Waals surface area contributed by atoms with Crippen molar-refractivity contribution in [3.8, 4) is 23.0 Å². The van der Waals surface area contributed by atoms with Crippen molar-refractivity contribution in [1.29, 1.82) is 0 Å². The maximum atomic E-state index is 13.2. The van der Waals surface area contributed by atoms with Gasteiger partial charge in [-0.05, 0) is 108 Å². The molecular formula is C38H43N3O8. The van der Waals surface area contributed by atoms with Crippen molar-refractivity contribution < 1.29 is 34.9 Å². The number of carbonyl (C=O) groups is 2. The first-order chi connectivity index (χ1) is 23.1. The van der Waals surface area contributed by atoms with E-state index in [1.807, 2.05) is 19.9 Å². The SMILES string of the molecule is CC(C)c1c(NC(=O)/C=C/c2ccc(O)c(O)c2)cc2c(c1[N+](=O)[O-])CC[C@H]1[C@](C)(CNC(=O)/C=C/c3ccc(O)c(O)c3)CCC[C@]21C. The van der Waals surface area contributed by atoms with Gasteiger partial charge < -0.3 is 31.1 Å². The number of nitrogens with one attached hydrogen (secondary N) is 2. The number of nitro groups is 1. The van der Waals surface area contributed by atoms with Gasteiger partial charge in [0.15, 0.2) is 23.0 Å². The third kappa shape index (κ3) is 7.11. The van der Waals surface area contributed by atoms with E-state index < -0.39 is 11.3 Å². The lowest BCUT2D eigenvalue weighted by molar-refractivity contribution is -0.386. The molecule has 258 valence electrons. The summed E-state index contributed by atoms with van der Waals surface area (Å²) in [6, 6.07) is 10.4. The zero-order valence-electron chi connectivity index (χ0n) is 28.1. The molecule has 11 heteroatoms. The van der Waals surface area contributed by atoms with E-state index in [0.717, 1.165) is 24.8 Å². The van der Waals surface area contributed by atoms with Crippen LogP contribution in [0.3, 0.4) is 0 Å². The molecule has 3 aromatic carbocycles. The van der Waals surface area contributed by atoms with Crippen molar-refractivity contribution >= 4 is 35.3 Å². The van der Waals surface area contributed by atoms with Crippen molar-refractivity contribution in [3.63, 3.8) is 0 Å². The molecule has 0 radical (unpaired) electrons. The smallest absolute Gasteiger partial charge is 0.278 e. The van der Waals surface area contributed by atoms with Gasteiger partial charge in [-0.2, -0.15) is 0 Å².